The van der Waals surface area contributed by atoms with Crippen molar-refractivity contribution in [2.75, 3.05) is 26.4 Å². The van der Waals surface area contributed by atoms with Gasteiger partial charge in [-0.05, 0) is 89.9 Å². The number of phosphoric acid groups is 1. The van der Waals surface area contributed by atoms with E-state index in [0.29, 0.717) is 12.8 Å². The summed E-state index contributed by atoms with van der Waals surface area (Å²) < 4.78 is 32.7. The SMILES string of the molecule is CC/C=C\C/C=C\C/C=C\C/C=C\CCCCC(=O)OC(COC(=O)CCCCCCCC/C=C\C/C=C\C/C=C\CCCCC)COP(=O)(O)OCCN. The topological polar surface area (TPSA) is 134 Å². The number of phosphoric ester groups is 1. The minimum atomic E-state index is -4.40. The highest BCUT2D eigenvalue weighted by Gasteiger charge is 2.25. The zero-order valence-corrected chi connectivity index (χ0v) is 35.3. The number of esters is 2. The summed E-state index contributed by atoms with van der Waals surface area (Å²) in [7, 11) is -4.40. The fourth-order valence-electron chi connectivity index (χ4n) is 5.16. The molecule has 0 amide bonds. The first-order valence-electron chi connectivity index (χ1n) is 21.1. The normalized spacial score (nSPS) is 14.2. The summed E-state index contributed by atoms with van der Waals surface area (Å²) in [4.78, 5) is 34.8. The minimum Gasteiger partial charge on any atom is -0.462 e. The number of hydrogen-bond acceptors (Lipinski definition) is 8. The lowest BCUT2D eigenvalue weighted by molar-refractivity contribution is -0.161. The summed E-state index contributed by atoms with van der Waals surface area (Å²) in [5.74, 6) is -0.901. The van der Waals surface area contributed by atoms with E-state index in [1.165, 1.54) is 25.7 Å². The molecule has 0 heterocycles. The lowest BCUT2D eigenvalue weighted by Crippen LogP contribution is -2.29. The highest BCUT2D eigenvalue weighted by molar-refractivity contribution is 7.47. The molecule has 0 saturated carbocycles. The number of carbonyl (C=O) groups excluding carboxylic acids is 2. The van der Waals surface area contributed by atoms with E-state index in [2.05, 4.69) is 98.9 Å². The third-order valence-corrected chi connectivity index (χ3v) is 9.25. The van der Waals surface area contributed by atoms with E-state index in [4.69, 9.17) is 24.3 Å². The second-order valence-electron chi connectivity index (χ2n) is 13.5. The number of rotatable bonds is 38. The Balaban J connectivity index is 4.27. The molecule has 3 N–H and O–H groups in total. The van der Waals surface area contributed by atoms with Crippen LogP contribution in [-0.2, 0) is 32.7 Å². The molecule has 0 radical (unpaired) electrons. The second-order valence-corrected chi connectivity index (χ2v) is 14.9. The predicted octanol–water partition coefficient (Wildman–Crippen LogP) is 12.0. The van der Waals surface area contributed by atoms with Crippen LogP contribution >= 0.6 is 7.82 Å². The fourth-order valence-corrected chi connectivity index (χ4v) is 5.92. The lowest BCUT2D eigenvalue weighted by Gasteiger charge is -2.19. The Bertz CT molecular complexity index is 1170. The van der Waals surface area contributed by atoms with Gasteiger partial charge in [0.05, 0.1) is 13.2 Å². The van der Waals surface area contributed by atoms with E-state index in [9.17, 15) is 19.0 Å². The van der Waals surface area contributed by atoms with Gasteiger partial charge in [-0.1, -0.05) is 137 Å². The third-order valence-electron chi connectivity index (χ3n) is 8.27. The van der Waals surface area contributed by atoms with E-state index >= 15 is 0 Å². The van der Waals surface area contributed by atoms with Gasteiger partial charge in [0.2, 0.25) is 0 Å². The summed E-state index contributed by atoms with van der Waals surface area (Å²) >= 11 is 0. The number of unbranched alkanes of at least 4 members (excludes halogenated alkanes) is 11. The molecule has 0 aliphatic rings. The Kier molecular flexibility index (Phi) is 38.8. The molecule has 0 rings (SSSR count). The molecule has 0 aromatic carbocycles. The van der Waals surface area contributed by atoms with E-state index in [0.717, 1.165) is 89.9 Å². The zero-order chi connectivity index (χ0) is 40.3. The largest absolute Gasteiger partial charge is 0.472 e. The van der Waals surface area contributed by atoms with Crippen LogP contribution in [0, 0.1) is 0 Å². The van der Waals surface area contributed by atoms with Gasteiger partial charge in [0, 0.05) is 19.4 Å². The van der Waals surface area contributed by atoms with Crippen molar-refractivity contribution in [2.24, 2.45) is 5.73 Å². The van der Waals surface area contributed by atoms with Crippen LogP contribution in [0.2, 0.25) is 0 Å². The highest BCUT2D eigenvalue weighted by Crippen LogP contribution is 2.43. The molecule has 2 unspecified atom stereocenters. The molecule has 0 fully saturated rings. The van der Waals surface area contributed by atoms with Crippen molar-refractivity contribution in [3.05, 3.63) is 85.1 Å². The van der Waals surface area contributed by atoms with Crippen LogP contribution in [0.4, 0.5) is 0 Å². The van der Waals surface area contributed by atoms with Crippen LogP contribution in [0.15, 0.2) is 85.1 Å². The van der Waals surface area contributed by atoms with E-state index < -0.39 is 32.5 Å². The van der Waals surface area contributed by atoms with Gasteiger partial charge in [0.25, 0.3) is 0 Å². The second kappa shape index (κ2) is 40.8. The molecule has 9 nitrogen and oxygen atoms in total. The van der Waals surface area contributed by atoms with Gasteiger partial charge in [-0.15, -0.1) is 0 Å². The summed E-state index contributed by atoms with van der Waals surface area (Å²) in [6.45, 7) is 3.50. The molecule has 0 aliphatic heterocycles. The number of allylic oxidation sites excluding steroid dienone is 14. The average molecular weight is 790 g/mol. The molecule has 2 atom stereocenters. The van der Waals surface area contributed by atoms with Crippen LogP contribution in [0.3, 0.4) is 0 Å². The number of hydrogen-bond donors (Lipinski definition) is 2. The lowest BCUT2D eigenvalue weighted by atomic mass is 10.1. The van der Waals surface area contributed by atoms with E-state index in [1.807, 2.05) is 0 Å². The van der Waals surface area contributed by atoms with Crippen molar-refractivity contribution < 1.29 is 37.6 Å². The van der Waals surface area contributed by atoms with Crippen molar-refractivity contribution in [3.8, 4) is 0 Å². The Morgan fingerprint density at radius 2 is 1.00 bits per heavy atom. The molecule has 0 spiro atoms. The minimum absolute atomic E-state index is 0.0398. The van der Waals surface area contributed by atoms with Crippen molar-refractivity contribution in [2.45, 2.75) is 161 Å². The maximum absolute atomic E-state index is 12.5. The van der Waals surface area contributed by atoms with Crippen LogP contribution in [0.25, 0.3) is 0 Å². The first-order chi connectivity index (χ1) is 26.8. The van der Waals surface area contributed by atoms with Gasteiger partial charge in [-0.3, -0.25) is 18.6 Å². The summed E-state index contributed by atoms with van der Waals surface area (Å²) in [5.41, 5.74) is 5.34. The summed E-state index contributed by atoms with van der Waals surface area (Å²) in [6.07, 6.45) is 50.4. The van der Waals surface area contributed by atoms with E-state index in [-0.39, 0.29) is 32.6 Å². The van der Waals surface area contributed by atoms with Gasteiger partial charge < -0.3 is 20.1 Å². The number of nitrogens with two attached hydrogens (primary N) is 1. The molecular formula is C45H76NO8P. The molecule has 0 bridgehead atoms. The molecule has 55 heavy (non-hydrogen) atoms. The molecule has 10 heteroatoms. The van der Waals surface area contributed by atoms with Crippen molar-refractivity contribution in [1.29, 1.82) is 0 Å². The molecule has 314 valence electrons. The number of carbonyl (C=O) groups is 2. The molecule has 0 aromatic rings. The van der Waals surface area contributed by atoms with Crippen molar-refractivity contribution in [1.82, 2.24) is 0 Å². The zero-order valence-electron chi connectivity index (χ0n) is 34.4. The molecular weight excluding hydrogens is 713 g/mol. The molecule has 0 aromatic heterocycles. The van der Waals surface area contributed by atoms with E-state index in [1.54, 1.807) is 0 Å². The van der Waals surface area contributed by atoms with Gasteiger partial charge in [-0.25, -0.2) is 4.57 Å². The highest BCUT2D eigenvalue weighted by atomic mass is 31.2. The molecule has 0 aliphatic carbocycles. The summed E-state index contributed by atoms with van der Waals surface area (Å²) in [5, 5.41) is 0. The first kappa shape index (κ1) is 52.2. The van der Waals surface area contributed by atoms with Crippen molar-refractivity contribution >= 4 is 19.8 Å². The van der Waals surface area contributed by atoms with Gasteiger partial charge >= 0.3 is 19.8 Å². The average Bonchev–Trinajstić information content (AvgIpc) is 3.17. The standard InChI is InChI=1S/C45H76NO8P/c1-3-5-7-9-11-13-15-17-19-20-21-22-24-25-27-29-31-33-35-37-44(47)51-41-43(42-53-55(49,50)52-40-39-46)54-45(48)38-36-34-32-30-28-26-23-18-16-14-12-10-8-6-4-2/h6,8,11-14,17-19,21-23,28,30,43H,3-5,7,9-10,15-16,20,24-27,29,31-42,46H2,1-2H3,(H,49,50)/b8-6-,13-11-,14-12-,19-17-,22-21-,23-18-,30-28-. The fraction of sp³-hybridized carbons (Fsp3) is 0.644. The number of ether oxygens (including phenoxy) is 2. The van der Waals surface area contributed by atoms with Crippen LogP contribution < -0.4 is 5.73 Å². The summed E-state index contributed by atoms with van der Waals surface area (Å²) in [6, 6.07) is 0. The van der Waals surface area contributed by atoms with Crippen molar-refractivity contribution in [3.63, 3.8) is 0 Å². The Labute approximate surface area is 334 Å². The van der Waals surface area contributed by atoms with Gasteiger partial charge in [-0.2, -0.15) is 0 Å². The Hall–Kier alpha value is -2.81. The molecule has 0 saturated heterocycles. The van der Waals surface area contributed by atoms with Gasteiger partial charge in [0.15, 0.2) is 6.10 Å². The quantitative estimate of drug-likeness (QED) is 0.0271. The van der Waals surface area contributed by atoms with Crippen LogP contribution in [-0.4, -0.2) is 49.3 Å². The monoisotopic (exact) mass is 790 g/mol. The third kappa shape index (κ3) is 40.7. The maximum Gasteiger partial charge on any atom is 0.472 e. The van der Waals surface area contributed by atoms with Crippen LogP contribution in [0.1, 0.15) is 155 Å². The smallest absolute Gasteiger partial charge is 0.462 e. The Morgan fingerprint density at radius 1 is 0.564 bits per heavy atom. The predicted molar refractivity (Wildman–Crippen MR) is 229 cm³/mol. The maximum atomic E-state index is 12.5. The Morgan fingerprint density at radius 3 is 1.53 bits per heavy atom. The van der Waals surface area contributed by atoms with Crippen LogP contribution in [0.5, 0.6) is 0 Å². The van der Waals surface area contributed by atoms with Gasteiger partial charge in [0.1, 0.15) is 6.61 Å². The first-order valence-corrected chi connectivity index (χ1v) is 22.6.